The number of hydrogen-bond donors (Lipinski definition) is 2. The van der Waals surface area contributed by atoms with Gasteiger partial charge in [-0.25, -0.2) is 4.39 Å². The summed E-state index contributed by atoms with van der Waals surface area (Å²) in [7, 11) is 0. The zero-order chi connectivity index (χ0) is 12.3. The molecule has 2 rings (SSSR count). The molecule has 0 spiro atoms. The van der Waals surface area contributed by atoms with Crippen molar-refractivity contribution in [2.24, 2.45) is 0 Å². The van der Waals surface area contributed by atoms with Crippen LogP contribution < -0.4 is 5.32 Å². The van der Waals surface area contributed by atoms with Crippen LogP contribution in [0.25, 0.3) is 0 Å². The molecule has 2 N–H and O–H groups in total. The predicted octanol–water partition coefficient (Wildman–Crippen LogP) is 1.53. The van der Waals surface area contributed by atoms with Crippen LogP contribution in [0.2, 0.25) is 0 Å². The highest BCUT2D eigenvalue weighted by atomic mass is 79.9. The maximum Gasteiger partial charge on any atom is 0.142 e. The van der Waals surface area contributed by atoms with Gasteiger partial charge in [-0.05, 0) is 22.0 Å². The summed E-state index contributed by atoms with van der Waals surface area (Å²) in [4.78, 5) is 2.11. The minimum absolute atomic E-state index is 0.0621. The Morgan fingerprint density at radius 3 is 2.76 bits per heavy atom. The first-order valence-electron chi connectivity index (χ1n) is 5.73. The van der Waals surface area contributed by atoms with E-state index in [9.17, 15) is 9.50 Å². The first-order valence-corrected chi connectivity index (χ1v) is 6.53. The molecule has 0 bridgehead atoms. The Balaban J connectivity index is 2.24. The fourth-order valence-corrected chi connectivity index (χ4v) is 2.56. The van der Waals surface area contributed by atoms with E-state index < -0.39 is 0 Å². The highest BCUT2D eigenvalue weighted by Gasteiger charge is 2.24. The molecule has 0 unspecified atom stereocenters. The summed E-state index contributed by atoms with van der Waals surface area (Å²) in [6, 6.07) is 4.95. The SMILES string of the molecule is OC[C@H](c1cccc(Br)c1F)N1CCNCC1. The zero-order valence-corrected chi connectivity index (χ0v) is 11.1. The molecular formula is C12H16BrFN2O. The van der Waals surface area contributed by atoms with Crippen molar-refractivity contribution in [2.75, 3.05) is 32.8 Å². The molecule has 94 valence electrons. The minimum atomic E-state index is -0.273. The van der Waals surface area contributed by atoms with Crippen LogP contribution in [0.15, 0.2) is 22.7 Å². The molecule has 1 saturated heterocycles. The van der Waals surface area contributed by atoms with Crippen LogP contribution in [0.3, 0.4) is 0 Å². The van der Waals surface area contributed by atoms with Gasteiger partial charge in [0.25, 0.3) is 0 Å². The average molecular weight is 303 g/mol. The van der Waals surface area contributed by atoms with Crippen molar-refractivity contribution < 1.29 is 9.50 Å². The maximum atomic E-state index is 14.0. The Labute approximate surface area is 109 Å². The molecule has 1 aliphatic rings. The van der Waals surface area contributed by atoms with Crippen molar-refractivity contribution in [3.05, 3.63) is 34.1 Å². The van der Waals surface area contributed by atoms with Crippen LogP contribution in [0.5, 0.6) is 0 Å². The topological polar surface area (TPSA) is 35.5 Å². The van der Waals surface area contributed by atoms with Gasteiger partial charge in [-0.15, -0.1) is 0 Å². The monoisotopic (exact) mass is 302 g/mol. The first kappa shape index (κ1) is 13.0. The van der Waals surface area contributed by atoms with E-state index in [0.29, 0.717) is 10.0 Å². The van der Waals surface area contributed by atoms with E-state index in [1.165, 1.54) is 0 Å². The second kappa shape index (κ2) is 5.91. The van der Waals surface area contributed by atoms with Crippen molar-refractivity contribution in [3.8, 4) is 0 Å². The van der Waals surface area contributed by atoms with E-state index in [2.05, 4.69) is 26.1 Å². The number of hydrogen-bond acceptors (Lipinski definition) is 3. The molecule has 1 aromatic rings. The van der Waals surface area contributed by atoms with Gasteiger partial charge in [-0.3, -0.25) is 4.90 Å². The number of piperazine rings is 1. The molecule has 3 nitrogen and oxygen atoms in total. The zero-order valence-electron chi connectivity index (χ0n) is 9.50. The van der Waals surface area contributed by atoms with Gasteiger partial charge in [-0.2, -0.15) is 0 Å². The van der Waals surface area contributed by atoms with Crippen molar-refractivity contribution in [3.63, 3.8) is 0 Å². The van der Waals surface area contributed by atoms with Gasteiger partial charge in [0.15, 0.2) is 0 Å². The minimum Gasteiger partial charge on any atom is -0.394 e. The summed E-state index contributed by atoms with van der Waals surface area (Å²) < 4.78 is 14.4. The Morgan fingerprint density at radius 1 is 1.41 bits per heavy atom. The Bertz CT molecular complexity index is 383. The highest BCUT2D eigenvalue weighted by Crippen LogP contribution is 2.27. The van der Waals surface area contributed by atoms with E-state index >= 15 is 0 Å². The third-order valence-corrected chi connectivity index (χ3v) is 3.72. The van der Waals surface area contributed by atoms with Crippen molar-refractivity contribution in [1.29, 1.82) is 0 Å². The van der Waals surface area contributed by atoms with Gasteiger partial charge in [0.1, 0.15) is 5.82 Å². The number of aliphatic hydroxyl groups excluding tert-OH is 1. The van der Waals surface area contributed by atoms with E-state index in [0.717, 1.165) is 26.2 Å². The quantitative estimate of drug-likeness (QED) is 0.889. The molecule has 0 aliphatic carbocycles. The fourth-order valence-electron chi connectivity index (χ4n) is 2.18. The molecule has 1 atom stereocenters. The highest BCUT2D eigenvalue weighted by molar-refractivity contribution is 9.10. The number of aliphatic hydroxyl groups is 1. The van der Waals surface area contributed by atoms with Crippen molar-refractivity contribution in [1.82, 2.24) is 10.2 Å². The summed E-state index contributed by atoms with van der Waals surface area (Å²) >= 11 is 3.18. The van der Waals surface area contributed by atoms with Crippen LogP contribution in [0.4, 0.5) is 4.39 Å². The summed E-state index contributed by atoms with van der Waals surface area (Å²) in [6.45, 7) is 3.36. The summed E-state index contributed by atoms with van der Waals surface area (Å²) in [5.41, 5.74) is 0.559. The number of benzene rings is 1. The van der Waals surface area contributed by atoms with E-state index in [1.807, 2.05) is 0 Å². The number of halogens is 2. The lowest BCUT2D eigenvalue weighted by molar-refractivity contribution is 0.108. The smallest absolute Gasteiger partial charge is 0.142 e. The first-order chi connectivity index (χ1) is 8.24. The molecular weight excluding hydrogens is 287 g/mol. The lowest BCUT2D eigenvalue weighted by Gasteiger charge is -2.34. The Hall–Kier alpha value is -0.490. The predicted molar refractivity (Wildman–Crippen MR) is 68.4 cm³/mol. The van der Waals surface area contributed by atoms with Gasteiger partial charge < -0.3 is 10.4 Å². The third kappa shape index (κ3) is 2.85. The van der Waals surface area contributed by atoms with E-state index in [1.54, 1.807) is 18.2 Å². The average Bonchev–Trinajstić information content (AvgIpc) is 2.37. The lowest BCUT2D eigenvalue weighted by Crippen LogP contribution is -2.46. The standard InChI is InChI=1S/C12H16BrFN2O/c13-10-3-1-2-9(12(10)14)11(8-17)16-6-4-15-5-7-16/h1-3,11,15,17H,4-8H2/t11-/m1/s1. The van der Waals surface area contributed by atoms with Gasteiger partial charge >= 0.3 is 0 Å². The van der Waals surface area contributed by atoms with Gasteiger partial charge in [0, 0.05) is 31.7 Å². The van der Waals surface area contributed by atoms with E-state index in [4.69, 9.17) is 0 Å². The third-order valence-electron chi connectivity index (χ3n) is 3.11. The summed E-state index contributed by atoms with van der Waals surface area (Å²) in [5, 5.41) is 12.7. The second-order valence-electron chi connectivity index (χ2n) is 4.13. The number of nitrogens with one attached hydrogen (secondary N) is 1. The Kier molecular flexibility index (Phi) is 4.50. The largest absolute Gasteiger partial charge is 0.394 e. The maximum absolute atomic E-state index is 14.0. The molecule has 0 aromatic heterocycles. The van der Waals surface area contributed by atoms with Gasteiger partial charge in [0.05, 0.1) is 17.1 Å². The van der Waals surface area contributed by atoms with Gasteiger partial charge in [-0.1, -0.05) is 12.1 Å². The van der Waals surface area contributed by atoms with Crippen LogP contribution in [0, 0.1) is 5.82 Å². The Morgan fingerprint density at radius 2 is 2.12 bits per heavy atom. The van der Waals surface area contributed by atoms with Crippen LogP contribution in [-0.2, 0) is 0 Å². The lowest BCUT2D eigenvalue weighted by atomic mass is 10.0. The number of rotatable bonds is 3. The van der Waals surface area contributed by atoms with Crippen LogP contribution in [-0.4, -0.2) is 42.8 Å². The van der Waals surface area contributed by atoms with Crippen molar-refractivity contribution in [2.45, 2.75) is 6.04 Å². The fraction of sp³-hybridized carbons (Fsp3) is 0.500. The molecule has 1 aromatic carbocycles. The normalized spacial score (nSPS) is 19.2. The number of nitrogens with zero attached hydrogens (tertiary/aromatic N) is 1. The van der Waals surface area contributed by atoms with Gasteiger partial charge in [0.2, 0.25) is 0 Å². The molecule has 1 heterocycles. The molecule has 5 heteroatoms. The second-order valence-corrected chi connectivity index (χ2v) is 4.98. The van der Waals surface area contributed by atoms with Crippen LogP contribution in [0.1, 0.15) is 11.6 Å². The summed E-state index contributed by atoms with van der Waals surface area (Å²) in [6.07, 6.45) is 0. The van der Waals surface area contributed by atoms with E-state index in [-0.39, 0.29) is 18.5 Å². The molecule has 1 aliphatic heterocycles. The molecule has 0 amide bonds. The molecule has 1 fully saturated rings. The molecule has 0 radical (unpaired) electrons. The van der Waals surface area contributed by atoms with Crippen molar-refractivity contribution >= 4 is 15.9 Å². The summed E-state index contributed by atoms with van der Waals surface area (Å²) in [5.74, 6) is -0.273. The van der Waals surface area contributed by atoms with Crippen LogP contribution >= 0.6 is 15.9 Å². The molecule has 17 heavy (non-hydrogen) atoms. The molecule has 0 saturated carbocycles.